The van der Waals surface area contributed by atoms with Gasteiger partial charge in [0.15, 0.2) is 6.04 Å². The molecule has 0 saturated carbocycles. The lowest BCUT2D eigenvalue weighted by molar-refractivity contribution is -0.952. The fraction of sp³-hybridized carbons (Fsp3) is 0.381. The molecule has 1 aliphatic heterocycles. The quantitative estimate of drug-likeness (QED) is 0.568. The average molecular weight is 403 g/mol. The average Bonchev–Trinajstić information content (AvgIpc) is 3.25. The number of morpholine rings is 1. The molecule has 28 heavy (non-hydrogen) atoms. The van der Waals surface area contributed by atoms with Crippen molar-refractivity contribution in [1.29, 1.82) is 0 Å². The van der Waals surface area contributed by atoms with E-state index in [1.807, 2.05) is 23.5 Å². The third kappa shape index (κ3) is 4.28. The summed E-state index contributed by atoms with van der Waals surface area (Å²) in [7, 11) is 1.61. The Labute approximate surface area is 167 Å². The molecule has 0 amide bonds. The number of thiophene rings is 1. The maximum Gasteiger partial charge on any atom is 0.336 e. The number of nitrogens with two attached hydrogens (primary N) is 1. The Hall–Kier alpha value is -2.19. The molecule has 1 fully saturated rings. The summed E-state index contributed by atoms with van der Waals surface area (Å²) in [5.41, 5.74) is 1.25. The summed E-state index contributed by atoms with van der Waals surface area (Å²) < 4.78 is 16.1. The van der Waals surface area contributed by atoms with Crippen LogP contribution in [-0.4, -0.2) is 40.0 Å². The SMILES string of the molecule is COc1ccc2c(C[NH2+]C[C@@H](c3cccs3)[NH+]3CCOCC3)cc(=O)oc2c1. The van der Waals surface area contributed by atoms with Gasteiger partial charge in [0.2, 0.25) is 0 Å². The van der Waals surface area contributed by atoms with Crippen LogP contribution in [0.4, 0.5) is 0 Å². The molecular formula is C21H26N2O4S+2. The van der Waals surface area contributed by atoms with Gasteiger partial charge in [-0.25, -0.2) is 4.79 Å². The largest absolute Gasteiger partial charge is 0.497 e. The summed E-state index contributed by atoms with van der Waals surface area (Å²) in [6, 6.07) is 12.0. The zero-order valence-corrected chi connectivity index (χ0v) is 16.8. The Balaban J connectivity index is 1.50. The maximum atomic E-state index is 12.0. The second kappa shape index (κ2) is 8.87. The normalized spacial score (nSPS) is 16.3. The maximum absolute atomic E-state index is 12.0. The van der Waals surface area contributed by atoms with Crippen LogP contribution < -0.4 is 20.6 Å². The van der Waals surface area contributed by atoms with Crippen LogP contribution in [-0.2, 0) is 11.3 Å². The summed E-state index contributed by atoms with van der Waals surface area (Å²) in [5, 5.41) is 5.40. The highest BCUT2D eigenvalue weighted by atomic mass is 32.1. The first kappa shape index (κ1) is 19.1. The molecule has 3 N–H and O–H groups in total. The van der Waals surface area contributed by atoms with Crippen molar-refractivity contribution >= 4 is 22.3 Å². The molecule has 3 aromatic rings. The molecule has 6 nitrogen and oxygen atoms in total. The summed E-state index contributed by atoms with van der Waals surface area (Å²) >= 11 is 1.82. The smallest absolute Gasteiger partial charge is 0.336 e. The van der Waals surface area contributed by atoms with Crippen molar-refractivity contribution in [2.45, 2.75) is 12.6 Å². The standard InChI is InChI=1S/C21H24N2O4S/c1-25-16-4-5-17-15(11-21(24)27-19(17)12-16)13-22-14-18(20-3-2-10-28-20)23-6-8-26-9-7-23/h2-5,10-12,18,22H,6-9,13-14H2,1H3/p+2/t18-/m0/s1. The van der Waals surface area contributed by atoms with Crippen molar-refractivity contribution in [2.75, 3.05) is 40.0 Å². The van der Waals surface area contributed by atoms with Crippen LogP contribution in [0.2, 0.25) is 0 Å². The van der Waals surface area contributed by atoms with E-state index in [-0.39, 0.29) is 5.63 Å². The molecular weight excluding hydrogens is 376 g/mol. The molecule has 0 aliphatic carbocycles. The molecule has 0 radical (unpaired) electrons. The lowest BCUT2D eigenvalue weighted by Gasteiger charge is -2.30. The van der Waals surface area contributed by atoms with Crippen molar-refractivity contribution in [1.82, 2.24) is 0 Å². The molecule has 3 heterocycles. The minimum Gasteiger partial charge on any atom is -0.497 e. The predicted octanol–water partition coefficient (Wildman–Crippen LogP) is 0.583. The molecule has 1 aliphatic rings. The van der Waals surface area contributed by atoms with Crippen molar-refractivity contribution in [3.8, 4) is 5.75 Å². The highest BCUT2D eigenvalue weighted by Gasteiger charge is 2.28. The minimum atomic E-state index is -0.322. The molecule has 1 aromatic carbocycles. The van der Waals surface area contributed by atoms with Gasteiger partial charge >= 0.3 is 5.63 Å². The van der Waals surface area contributed by atoms with Crippen LogP contribution in [0.25, 0.3) is 11.0 Å². The number of benzene rings is 1. The molecule has 7 heteroatoms. The molecule has 0 bridgehead atoms. The number of nitrogens with one attached hydrogen (secondary N) is 1. The molecule has 1 saturated heterocycles. The number of hydrogen-bond acceptors (Lipinski definition) is 5. The van der Waals surface area contributed by atoms with Gasteiger partial charge in [0.1, 0.15) is 37.5 Å². The number of methoxy groups -OCH3 is 1. The van der Waals surface area contributed by atoms with E-state index in [0.29, 0.717) is 17.4 Å². The second-order valence-electron chi connectivity index (χ2n) is 7.02. The van der Waals surface area contributed by atoms with Gasteiger partial charge in [0, 0.05) is 23.1 Å². The van der Waals surface area contributed by atoms with Crippen LogP contribution in [0.5, 0.6) is 5.75 Å². The van der Waals surface area contributed by atoms with Crippen LogP contribution in [0.3, 0.4) is 0 Å². The first-order valence-electron chi connectivity index (χ1n) is 9.63. The van der Waals surface area contributed by atoms with Gasteiger partial charge in [-0.15, -0.1) is 11.3 Å². The molecule has 0 spiro atoms. The number of ether oxygens (including phenoxy) is 2. The molecule has 4 rings (SSSR count). The number of fused-ring (bicyclic) bond motifs is 1. The highest BCUT2D eigenvalue weighted by Crippen LogP contribution is 2.22. The predicted molar refractivity (Wildman–Crippen MR) is 108 cm³/mol. The number of quaternary nitrogens is 2. The van der Waals surface area contributed by atoms with E-state index in [0.717, 1.165) is 50.3 Å². The van der Waals surface area contributed by atoms with Crippen molar-refractivity contribution in [3.05, 3.63) is 62.6 Å². The third-order valence-corrected chi connectivity index (χ3v) is 6.30. The summed E-state index contributed by atoms with van der Waals surface area (Å²) in [6.07, 6.45) is 0. The fourth-order valence-corrected chi connectivity index (χ4v) is 4.77. The van der Waals surface area contributed by atoms with Gasteiger partial charge in [-0.1, -0.05) is 6.07 Å². The van der Waals surface area contributed by atoms with Gasteiger partial charge < -0.3 is 24.1 Å². The number of hydrogen-bond donors (Lipinski definition) is 2. The third-order valence-electron chi connectivity index (χ3n) is 5.32. The van der Waals surface area contributed by atoms with E-state index in [4.69, 9.17) is 13.9 Å². The van der Waals surface area contributed by atoms with Crippen molar-refractivity contribution in [3.63, 3.8) is 0 Å². The van der Waals surface area contributed by atoms with Crippen molar-refractivity contribution in [2.24, 2.45) is 0 Å². The zero-order valence-electron chi connectivity index (χ0n) is 16.0. The van der Waals surface area contributed by atoms with Gasteiger partial charge in [-0.3, -0.25) is 0 Å². The van der Waals surface area contributed by atoms with Gasteiger partial charge in [-0.2, -0.15) is 0 Å². The fourth-order valence-electron chi connectivity index (χ4n) is 3.87. The van der Waals surface area contributed by atoms with Crippen LogP contribution in [0, 0.1) is 0 Å². The second-order valence-corrected chi connectivity index (χ2v) is 8.00. The minimum absolute atomic E-state index is 0.322. The number of rotatable bonds is 7. The Bertz CT molecular complexity index is 964. The molecule has 2 aromatic heterocycles. The Kier molecular flexibility index (Phi) is 6.07. The van der Waals surface area contributed by atoms with Crippen LogP contribution >= 0.6 is 11.3 Å². The first-order chi connectivity index (χ1) is 13.7. The highest BCUT2D eigenvalue weighted by molar-refractivity contribution is 7.10. The summed E-state index contributed by atoms with van der Waals surface area (Å²) in [4.78, 5) is 15.0. The summed E-state index contributed by atoms with van der Waals surface area (Å²) in [5.74, 6) is 0.686. The van der Waals surface area contributed by atoms with Crippen molar-refractivity contribution < 1.29 is 24.1 Å². The lowest BCUT2D eigenvalue weighted by Crippen LogP contribution is -3.16. The van der Waals surface area contributed by atoms with E-state index in [2.05, 4.69) is 22.8 Å². The van der Waals surface area contributed by atoms with E-state index < -0.39 is 0 Å². The Morgan fingerprint density at radius 1 is 1.25 bits per heavy atom. The van der Waals surface area contributed by atoms with Gasteiger partial charge in [0.25, 0.3) is 0 Å². The topological polar surface area (TPSA) is 69.7 Å². The Morgan fingerprint density at radius 3 is 2.86 bits per heavy atom. The Morgan fingerprint density at radius 2 is 2.11 bits per heavy atom. The first-order valence-corrected chi connectivity index (χ1v) is 10.5. The summed E-state index contributed by atoms with van der Waals surface area (Å²) in [6.45, 7) is 5.42. The lowest BCUT2D eigenvalue weighted by atomic mass is 10.1. The van der Waals surface area contributed by atoms with Crippen LogP contribution in [0.15, 0.2) is 51.0 Å². The van der Waals surface area contributed by atoms with E-state index in [1.54, 1.807) is 24.1 Å². The van der Waals surface area contributed by atoms with E-state index >= 15 is 0 Å². The van der Waals surface area contributed by atoms with E-state index in [9.17, 15) is 4.79 Å². The van der Waals surface area contributed by atoms with Crippen LogP contribution in [0.1, 0.15) is 16.5 Å². The molecule has 0 unspecified atom stereocenters. The van der Waals surface area contributed by atoms with Gasteiger partial charge in [0.05, 0.1) is 25.2 Å². The van der Waals surface area contributed by atoms with E-state index in [1.165, 1.54) is 4.88 Å². The zero-order chi connectivity index (χ0) is 19.3. The monoisotopic (exact) mass is 402 g/mol. The molecule has 1 atom stereocenters. The van der Waals surface area contributed by atoms with Gasteiger partial charge in [-0.05, 0) is 23.6 Å². The molecule has 148 valence electrons.